The summed E-state index contributed by atoms with van der Waals surface area (Å²) in [5, 5.41) is 15.4. The summed E-state index contributed by atoms with van der Waals surface area (Å²) in [6, 6.07) is 3.75. The van der Waals surface area contributed by atoms with E-state index in [9.17, 15) is 19.7 Å². The van der Waals surface area contributed by atoms with Gasteiger partial charge in [0.15, 0.2) is 0 Å². The van der Waals surface area contributed by atoms with Crippen molar-refractivity contribution in [3.63, 3.8) is 0 Å². The number of hydrogen-bond acceptors (Lipinski definition) is 4. The van der Waals surface area contributed by atoms with Crippen LogP contribution in [0.3, 0.4) is 0 Å². The number of nitro groups is 1. The standard InChI is InChI=1S/C12H14ClN3O4/c1-7(2)6-14-11(17)12(18)15-8-3-4-9(13)10(5-8)16(19)20/h3-5,7H,6H2,1-2H3,(H,14,17)(H,15,18). The molecule has 0 spiro atoms. The van der Waals surface area contributed by atoms with E-state index in [1.165, 1.54) is 12.1 Å². The second-order valence-electron chi connectivity index (χ2n) is 4.48. The molecule has 0 aliphatic heterocycles. The number of halogens is 1. The van der Waals surface area contributed by atoms with Crippen LogP contribution in [0.1, 0.15) is 13.8 Å². The highest BCUT2D eigenvalue weighted by Gasteiger charge is 2.17. The van der Waals surface area contributed by atoms with E-state index in [0.717, 1.165) is 6.07 Å². The quantitative estimate of drug-likeness (QED) is 0.504. The zero-order valence-corrected chi connectivity index (χ0v) is 11.7. The fraction of sp³-hybridized carbons (Fsp3) is 0.333. The van der Waals surface area contributed by atoms with Gasteiger partial charge in [-0.05, 0) is 18.1 Å². The topological polar surface area (TPSA) is 101 Å². The number of rotatable bonds is 4. The van der Waals surface area contributed by atoms with Gasteiger partial charge in [0, 0.05) is 18.3 Å². The lowest BCUT2D eigenvalue weighted by atomic mass is 10.2. The van der Waals surface area contributed by atoms with Crippen LogP contribution in [0.15, 0.2) is 18.2 Å². The molecule has 2 amide bonds. The van der Waals surface area contributed by atoms with E-state index in [0.29, 0.717) is 6.54 Å². The Morgan fingerprint density at radius 2 is 2.00 bits per heavy atom. The Hall–Kier alpha value is -2.15. The Labute approximate surface area is 120 Å². The monoisotopic (exact) mass is 299 g/mol. The third kappa shape index (κ3) is 4.51. The molecule has 0 saturated heterocycles. The van der Waals surface area contributed by atoms with Gasteiger partial charge in [0.1, 0.15) is 5.02 Å². The van der Waals surface area contributed by atoms with E-state index in [2.05, 4.69) is 10.6 Å². The number of anilines is 1. The molecule has 0 aromatic heterocycles. The summed E-state index contributed by atoms with van der Waals surface area (Å²) in [6.07, 6.45) is 0. The minimum atomic E-state index is -0.887. The fourth-order valence-electron chi connectivity index (χ4n) is 1.30. The summed E-state index contributed by atoms with van der Waals surface area (Å²) in [4.78, 5) is 33.0. The van der Waals surface area contributed by atoms with E-state index in [1.807, 2.05) is 13.8 Å². The largest absolute Gasteiger partial charge is 0.348 e. The number of nitrogens with zero attached hydrogens (tertiary/aromatic N) is 1. The molecular weight excluding hydrogens is 286 g/mol. The van der Waals surface area contributed by atoms with Crippen LogP contribution in [0, 0.1) is 16.0 Å². The molecule has 108 valence electrons. The van der Waals surface area contributed by atoms with E-state index in [1.54, 1.807) is 0 Å². The van der Waals surface area contributed by atoms with Gasteiger partial charge in [0.2, 0.25) is 0 Å². The first-order valence-corrected chi connectivity index (χ1v) is 6.22. The SMILES string of the molecule is CC(C)CNC(=O)C(=O)Nc1ccc(Cl)c([N+](=O)[O-])c1. The predicted octanol–water partition coefficient (Wildman–Crippen LogP) is 1.96. The van der Waals surface area contributed by atoms with Crippen LogP contribution in [0.2, 0.25) is 5.02 Å². The summed E-state index contributed by atoms with van der Waals surface area (Å²) in [6.45, 7) is 4.15. The van der Waals surface area contributed by atoms with Crippen LogP contribution in [0.5, 0.6) is 0 Å². The molecule has 0 aliphatic rings. The number of carbonyl (C=O) groups is 2. The van der Waals surface area contributed by atoms with Crippen molar-refractivity contribution in [2.24, 2.45) is 5.92 Å². The molecule has 20 heavy (non-hydrogen) atoms. The molecule has 0 saturated carbocycles. The maximum absolute atomic E-state index is 11.6. The number of nitro benzene ring substituents is 1. The van der Waals surface area contributed by atoms with E-state index >= 15 is 0 Å². The van der Waals surface area contributed by atoms with E-state index in [-0.39, 0.29) is 22.3 Å². The van der Waals surface area contributed by atoms with Crippen molar-refractivity contribution < 1.29 is 14.5 Å². The summed E-state index contributed by atoms with van der Waals surface area (Å²) >= 11 is 5.64. The maximum atomic E-state index is 11.6. The van der Waals surface area contributed by atoms with Gasteiger partial charge in [-0.25, -0.2) is 0 Å². The third-order valence-corrected chi connectivity index (χ3v) is 2.60. The zero-order chi connectivity index (χ0) is 15.3. The smallest absolute Gasteiger partial charge is 0.313 e. The van der Waals surface area contributed by atoms with E-state index in [4.69, 9.17) is 11.6 Å². The van der Waals surface area contributed by atoms with E-state index < -0.39 is 16.7 Å². The van der Waals surface area contributed by atoms with Crippen molar-refractivity contribution in [1.82, 2.24) is 5.32 Å². The highest BCUT2D eigenvalue weighted by molar-refractivity contribution is 6.39. The van der Waals surface area contributed by atoms with Crippen LogP contribution in [-0.2, 0) is 9.59 Å². The Morgan fingerprint density at radius 3 is 2.55 bits per heavy atom. The van der Waals surface area contributed by atoms with Gasteiger partial charge in [-0.2, -0.15) is 0 Å². The Balaban J connectivity index is 2.73. The van der Waals surface area contributed by atoms with Crippen molar-refractivity contribution in [3.8, 4) is 0 Å². The van der Waals surface area contributed by atoms with Crippen molar-refractivity contribution in [2.75, 3.05) is 11.9 Å². The molecule has 1 rings (SSSR count). The average Bonchev–Trinajstić information content (AvgIpc) is 2.37. The molecule has 0 unspecified atom stereocenters. The van der Waals surface area contributed by atoms with Crippen molar-refractivity contribution in [1.29, 1.82) is 0 Å². The number of carbonyl (C=O) groups excluding carboxylic acids is 2. The molecule has 0 atom stereocenters. The van der Waals surface area contributed by atoms with Crippen LogP contribution in [0.4, 0.5) is 11.4 Å². The first-order valence-electron chi connectivity index (χ1n) is 5.84. The highest BCUT2D eigenvalue weighted by Crippen LogP contribution is 2.27. The molecule has 2 N–H and O–H groups in total. The minimum absolute atomic E-state index is 0.0442. The van der Waals surface area contributed by atoms with Gasteiger partial charge in [-0.1, -0.05) is 25.4 Å². The lowest BCUT2D eigenvalue weighted by Gasteiger charge is -2.08. The van der Waals surface area contributed by atoms with Crippen molar-refractivity contribution in [2.45, 2.75) is 13.8 Å². The molecule has 1 aromatic rings. The number of benzene rings is 1. The van der Waals surface area contributed by atoms with Crippen LogP contribution in [-0.4, -0.2) is 23.3 Å². The minimum Gasteiger partial charge on any atom is -0.348 e. The summed E-state index contributed by atoms with van der Waals surface area (Å²) in [5.74, 6) is -1.47. The fourth-order valence-corrected chi connectivity index (χ4v) is 1.48. The second kappa shape index (κ2) is 6.85. The Morgan fingerprint density at radius 1 is 1.35 bits per heavy atom. The van der Waals surface area contributed by atoms with Gasteiger partial charge >= 0.3 is 11.8 Å². The molecular formula is C12H14ClN3O4. The van der Waals surface area contributed by atoms with Crippen LogP contribution < -0.4 is 10.6 Å². The van der Waals surface area contributed by atoms with Gasteiger partial charge in [-0.3, -0.25) is 19.7 Å². The molecule has 1 aromatic carbocycles. The molecule has 0 fully saturated rings. The van der Waals surface area contributed by atoms with Crippen molar-refractivity contribution >= 4 is 34.8 Å². The number of nitrogens with one attached hydrogen (secondary N) is 2. The molecule has 0 aliphatic carbocycles. The second-order valence-corrected chi connectivity index (χ2v) is 4.89. The molecule has 0 bridgehead atoms. The summed E-state index contributed by atoms with van der Waals surface area (Å²) in [7, 11) is 0. The Bertz CT molecular complexity index is 546. The molecule has 7 nitrogen and oxygen atoms in total. The molecule has 0 radical (unpaired) electrons. The van der Waals surface area contributed by atoms with Gasteiger partial charge in [-0.15, -0.1) is 0 Å². The molecule has 0 heterocycles. The van der Waals surface area contributed by atoms with Gasteiger partial charge in [0.25, 0.3) is 5.69 Å². The van der Waals surface area contributed by atoms with Crippen molar-refractivity contribution in [3.05, 3.63) is 33.3 Å². The predicted molar refractivity (Wildman–Crippen MR) is 74.6 cm³/mol. The van der Waals surface area contributed by atoms with Gasteiger partial charge < -0.3 is 10.6 Å². The van der Waals surface area contributed by atoms with Crippen LogP contribution >= 0.6 is 11.6 Å². The Kier molecular flexibility index (Phi) is 5.45. The molecule has 8 heteroatoms. The highest BCUT2D eigenvalue weighted by atomic mass is 35.5. The average molecular weight is 300 g/mol. The summed E-state index contributed by atoms with van der Waals surface area (Å²) < 4.78 is 0. The number of hydrogen-bond donors (Lipinski definition) is 2. The number of amides is 2. The first-order chi connectivity index (χ1) is 9.31. The lowest BCUT2D eigenvalue weighted by molar-refractivity contribution is -0.384. The van der Waals surface area contributed by atoms with Gasteiger partial charge in [0.05, 0.1) is 4.92 Å². The lowest BCUT2D eigenvalue weighted by Crippen LogP contribution is -2.37. The summed E-state index contributed by atoms with van der Waals surface area (Å²) in [5.41, 5.74) is -0.210. The normalized spacial score (nSPS) is 10.2. The first kappa shape index (κ1) is 15.9. The zero-order valence-electron chi connectivity index (χ0n) is 11.0. The van der Waals surface area contributed by atoms with Crippen LogP contribution in [0.25, 0.3) is 0 Å². The third-order valence-electron chi connectivity index (χ3n) is 2.28. The maximum Gasteiger partial charge on any atom is 0.313 e.